The lowest BCUT2D eigenvalue weighted by Gasteiger charge is -2.07. The van der Waals surface area contributed by atoms with Crippen LogP contribution in [-0.4, -0.2) is 44.0 Å². The molecule has 106 valence electrons. The SMILES string of the molecule is Nc1ccc(OCC(=O)NCCCOCCO)cc1. The van der Waals surface area contributed by atoms with E-state index in [1.807, 2.05) is 0 Å². The summed E-state index contributed by atoms with van der Waals surface area (Å²) in [6, 6.07) is 6.86. The van der Waals surface area contributed by atoms with E-state index in [1.54, 1.807) is 24.3 Å². The highest BCUT2D eigenvalue weighted by Crippen LogP contribution is 2.12. The molecule has 0 atom stereocenters. The molecule has 0 bridgehead atoms. The Morgan fingerprint density at radius 1 is 1.26 bits per heavy atom. The minimum atomic E-state index is -0.181. The van der Waals surface area contributed by atoms with Crippen molar-refractivity contribution in [1.29, 1.82) is 0 Å². The molecular weight excluding hydrogens is 248 g/mol. The molecule has 4 N–H and O–H groups in total. The lowest BCUT2D eigenvalue weighted by molar-refractivity contribution is -0.123. The van der Waals surface area contributed by atoms with E-state index in [1.165, 1.54) is 0 Å². The molecule has 0 aromatic heterocycles. The predicted octanol–water partition coefficient (Wildman–Crippen LogP) is 0.163. The zero-order valence-corrected chi connectivity index (χ0v) is 10.8. The Kier molecular flexibility index (Phi) is 7.38. The minimum absolute atomic E-state index is 0.0157. The van der Waals surface area contributed by atoms with Gasteiger partial charge in [0.05, 0.1) is 13.2 Å². The maximum Gasteiger partial charge on any atom is 0.257 e. The van der Waals surface area contributed by atoms with Gasteiger partial charge in [-0.15, -0.1) is 0 Å². The second kappa shape index (κ2) is 9.18. The van der Waals surface area contributed by atoms with Crippen LogP contribution in [0, 0.1) is 0 Å². The van der Waals surface area contributed by atoms with Gasteiger partial charge in [-0.1, -0.05) is 0 Å². The van der Waals surface area contributed by atoms with E-state index in [4.69, 9.17) is 20.3 Å². The van der Waals surface area contributed by atoms with Gasteiger partial charge >= 0.3 is 0 Å². The summed E-state index contributed by atoms with van der Waals surface area (Å²) in [6.45, 7) is 1.35. The van der Waals surface area contributed by atoms with Crippen LogP contribution in [0.1, 0.15) is 6.42 Å². The third-order valence-electron chi connectivity index (χ3n) is 2.27. The van der Waals surface area contributed by atoms with E-state index in [9.17, 15) is 4.79 Å². The number of hydrogen-bond donors (Lipinski definition) is 3. The monoisotopic (exact) mass is 268 g/mol. The van der Waals surface area contributed by atoms with E-state index in [2.05, 4.69) is 5.32 Å². The van der Waals surface area contributed by atoms with Crippen LogP contribution in [0.3, 0.4) is 0 Å². The number of benzene rings is 1. The highest BCUT2D eigenvalue weighted by atomic mass is 16.5. The van der Waals surface area contributed by atoms with Crippen LogP contribution in [0.2, 0.25) is 0 Å². The number of rotatable bonds is 9. The van der Waals surface area contributed by atoms with Crippen molar-refractivity contribution in [1.82, 2.24) is 5.32 Å². The Morgan fingerprint density at radius 2 is 2.00 bits per heavy atom. The smallest absolute Gasteiger partial charge is 0.257 e. The van der Waals surface area contributed by atoms with Gasteiger partial charge in [-0.05, 0) is 30.7 Å². The summed E-state index contributed by atoms with van der Waals surface area (Å²) in [6.07, 6.45) is 0.702. The Balaban J connectivity index is 2.06. The number of carbonyl (C=O) groups is 1. The van der Waals surface area contributed by atoms with E-state index >= 15 is 0 Å². The summed E-state index contributed by atoms with van der Waals surface area (Å²) in [4.78, 5) is 11.4. The predicted molar refractivity (Wildman–Crippen MR) is 71.9 cm³/mol. The van der Waals surface area contributed by atoms with Gasteiger partial charge in [0.25, 0.3) is 5.91 Å². The second-order valence-electron chi connectivity index (χ2n) is 3.90. The summed E-state index contributed by atoms with van der Waals surface area (Å²) < 4.78 is 10.3. The fourth-order valence-electron chi connectivity index (χ4n) is 1.33. The maximum absolute atomic E-state index is 11.4. The van der Waals surface area contributed by atoms with Crippen LogP contribution in [0.5, 0.6) is 5.75 Å². The molecule has 0 heterocycles. The Bertz CT molecular complexity index is 367. The van der Waals surface area contributed by atoms with Gasteiger partial charge in [-0.3, -0.25) is 4.79 Å². The zero-order chi connectivity index (χ0) is 13.9. The minimum Gasteiger partial charge on any atom is -0.484 e. The zero-order valence-electron chi connectivity index (χ0n) is 10.8. The average molecular weight is 268 g/mol. The van der Waals surface area contributed by atoms with Crippen molar-refractivity contribution in [3.8, 4) is 5.75 Å². The number of nitrogens with one attached hydrogen (secondary N) is 1. The number of aliphatic hydroxyl groups excluding tert-OH is 1. The van der Waals surface area contributed by atoms with Crippen molar-refractivity contribution in [3.63, 3.8) is 0 Å². The van der Waals surface area contributed by atoms with E-state index in [0.29, 0.717) is 37.6 Å². The number of ether oxygens (including phenoxy) is 2. The number of nitrogen functional groups attached to an aromatic ring is 1. The normalized spacial score (nSPS) is 10.2. The molecule has 0 fully saturated rings. The lowest BCUT2D eigenvalue weighted by Crippen LogP contribution is -2.30. The first kappa shape index (κ1) is 15.3. The maximum atomic E-state index is 11.4. The van der Waals surface area contributed by atoms with E-state index in [-0.39, 0.29) is 19.1 Å². The molecule has 6 heteroatoms. The molecule has 0 aliphatic heterocycles. The largest absolute Gasteiger partial charge is 0.484 e. The molecule has 0 radical (unpaired) electrons. The number of nitrogens with two attached hydrogens (primary N) is 1. The molecule has 6 nitrogen and oxygen atoms in total. The van der Waals surface area contributed by atoms with Crippen LogP contribution in [0.25, 0.3) is 0 Å². The fraction of sp³-hybridized carbons (Fsp3) is 0.462. The lowest BCUT2D eigenvalue weighted by atomic mass is 10.3. The average Bonchev–Trinajstić information content (AvgIpc) is 2.42. The van der Waals surface area contributed by atoms with Crippen LogP contribution >= 0.6 is 0 Å². The molecule has 0 saturated carbocycles. The number of amides is 1. The summed E-state index contributed by atoms with van der Waals surface area (Å²) in [7, 11) is 0. The molecule has 0 spiro atoms. The molecule has 1 aromatic carbocycles. The molecule has 0 saturated heterocycles. The highest BCUT2D eigenvalue weighted by Gasteiger charge is 2.01. The second-order valence-corrected chi connectivity index (χ2v) is 3.90. The van der Waals surface area contributed by atoms with Gasteiger partial charge in [0.2, 0.25) is 0 Å². The topological polar surface area (TPSA) is 93.8 Å². The van der Waals surface area contributed by atoms with Gasteiger partial charge in [-0.25, -0.2) is 0 Å². The fourth-order valence-corrected chi connectivity index (χ4v) is 1.33. The molecule has 0 aliphatic carbocycles. The highest BCUT2D eigenvalue weighted by molar-refractivity contribution is 5.77. The van der Waals surface area contributed by atoms with Crippen LogP contribution in [-0.2, 0) is 9.53 Å². The van der Waals surface area contributed by atoms with Crippen molar-refractivity contribution in [3.05, 3.63) is 24.3 Å². The quantitative estimate of drug-likeness (QED) is 0.438. The molecule has 0 aliphatic rings. The Hall–Kier alpha value is -1.79. The van der Waals surface area contributed by atoms with Gasteiger partial charge < -0.3 is 25.6 Å². The van der Waals surface area contributed by atoms with Gasteiger partial charge in [-0.2, -0.15) is 0 Å². The molecule has 1 amide bonds. The first-order valence-corrected chi connectivity index (χ1v) is 6.16. The summed E-state index contributed by atoms with van der Waals surface area (Å²) in [5.41, 5.74) is 6.19. The van der Waals surface area contributed by atoms with Crippen molar-refractivity contribution < 1.29 is 19.4 Å². The number of aliphatic hydroxyl groups is 1. The first-order valence-electron chi connectivity index (χ1n) is 6.16. The Labute approximate surface area is 112 Å². The molecule has 1 rings (SSSR count). The van der Waals surface area contributed by atoms with Crippen molar-refractivity contribution in [2.24, 2.45) is 0 Å². The van der Waals surface area contributed by atoms with E-state index in [0.717, 1.165) is 0 Å². The third kappa shape index (κ3) is 7.28. The molecule has 0 unspecified atom stereocenters. The Morgan fingerprint density at radius 3 is 2.68 bits per heavy atom. The molecule has 19 heavy (non-hydrogen) atoms. The molecular formula is C13H20N2O4. The van der Waals surface area contributed by atoms with E-state index < -0.39 is 0 Å². The van der Waals surface area contributed by atoms with Crippen molar-refractivity contribution >= 4 is 11.6 Å². The summed E-state index contributed by atoms with van der Waals surface area (Å²) >= 11 is 0. The van der Waals surface area contributed by atoms with Crippen molar-refractivity contribution in [2.75, 3.05) is 38.7 Å². The van der Waals surface area contributed by atoms with Crippen molar-refractivity contribution in [2.45, 2.75) is 6.42 Å². The standard InChI is InChI=1S/C13H20N2O4/c14-11-2-4-12(5-3-11)19-10-13(17)15-6-1-8-18-9-7-16/h2-5,16H,1,6-10,14H2,(H,15,17). The van der Waals surface area contributed by atoms with Crippen LogP contribution in [0.15, 0.2) is 24.3 Å². The van der Waals surface area contributed by atoms with Crippen LogP contribution in [0.4, 0.5) is 5.69 Å². The number of anilines is 1. The first-order chi connectivity index (χ1) is 9.22. The summed E-state index contributed by atoms with van der Waals surface area (Å²) in [5.74, 6) is 0.426. The van der Waals surface area contributed by atoms with Gasteiger partial charge in [0.1, 0.15) is 5.75 Å². The third-order valence-corrected chi connectivity index (χ3v) is 2.27. The van der Waals surface area contributed by atoms with Gasteiger partial charge in [0, 0.05) is 18.8 Å². The number of carbonyl (C=O) groups excluding carboxylic acids is 1. The van der Waals surface area contributed by atoms with Crippen LogP contribution < -0.4 is 15.8 Å². The summed E-state index contributed by atoms with van der Waals surface area (Å²) in [5, 5.41) is 11.2. The van der Waals surface area contributed by atoms with Gasteiger partial charge in [0.15, 0.2) is 6.61 Å². The molecule has 1 aromatic rings. The number of hydrogen-bond acceptors (Lipinski definition) is 5.